The van der Waals surface area contributed by atoms with Crippen LogP contribution in [0.25, 0.3) is 0 Å². The highest BCUT2D eigenvalue weighted by atomic mass is 16.1. The van der Waals surface area contributed by atoms with Crippen molar-refractivity contribution in [1.82, 2.24) is 10.2 Å². The summed E-state index contributed by atoms with van der Waals surface area (Å²) in [5.74, 6) is 0. The summed E-state index contributed by atoms with van der Waals surface area (Å²) in [5, 5.41) is 2.54. The second-order valence-electron chi connectivity index (χ2n) is 2.83. The molecule has 0 aromatic rings. The molecule has 0 heterocycles. The molecule has 1 radical (unpaired) electrons. The molecule has 1 fully saturated rings. The Balaban J connectivity index is 2.58. The Bertz CT molecular complexity index is 166. The van der Waals surface area contributed by atoms with Gasteiger partial charge < -0.3 is 10.2 Å². The standard InChI is InChI=1S/C7H11N2O2/c1-9(6-11)7(8-5-10)3-2-4-7/h6H,2-4H2,1H3,(H,8,10). The second kappa shape index (κ2) is 2.90. The van der Waals surface area contributed by atoms with E-state index in [4.69, 9.17) is 0 Å². The molecule has 1 N–H and O–H groups in total. The van der Waals surface area contributed by atoms with Crippen molar-refractivity contribution >= 4 is 12.8 Å². The summed E-state index contributed by atoms with van der Waals surface area (Å²) in [6.07, 6.45) is 5.06. The van der Waals surface area contributed by atoms with Gasteiger partial charge in [0.15, 0.2) is 0 Å². The predicted octanol–water partition coefficient (Wildman–Crippen LogP) is -0.388. The van der Waals surface area contributed by atoms with Crippen LogP contribution < -0.4 is 5.32 Å². The summed E-state index contributed by atoms with van der Waals surface area (Å²) < 4.78 is 0. The lowest BCUT2D eigenvalue weighted by Gasteiger charge is -2.46. The number of carbonyl (C=O) groups is 1. The third-order valence-corrected chi connectivity index (χ3v) is 2.30. The Morgan fingerprint density at radius 1 is 1.64 bits per heavy atom. The average Bonchev–Trinajstić information content (AvgIpc) is 1.95. The molecule has 2 amide bonds. The van der Waals surface area contributed by atoms with Crippen molar-refractivity contribution in [3.05, 3.63) is 0 Å². The van der Waals surface area contributed by atoms with Gasteiger partial charge in [-0.15, -0.1) is 0 Å². The SMILES string of the molecule is CN(C=O)C1(N[C]=O)CCC1. The summed E-state index contributed by atoms with van der Waals surface area (Å²) >= 11 is 0. The summed E-state index contributed by atoms with van der Waals surface area (Å²) in [6.45, 7) is 0. The third-order valence-electron chi connectivity index (χ3n) is 2.30. The fourth-order valence-corrected chi connectivity index (χ4v) is 1.27. The van der Waals surface area contributed by atoms with Crippen LogP contribution in [0.3, 0.4) is 0 Å². The van der Waals surface area contributed by atoms with Crippen molar-refractivity contribution < 1.29 is 9.59 Å². The van der Waals surface area contributed by atoms with E-state index < -0.39 is 5.66 Å². The van der Waals surface area contributed by atoms with Gasteiger partial charge in [0.2, 0.25) is 6.41 Å². The topological polar surface area (TPSA) is 49.4 Å². The number of amides is 2. The van der Waals surface area contributed by atoms with Crippen LogP contribution in [0.5, 0.6) is 0 Å². The number of hydrogen-bond acceptors (Lipinski definition) is 2. The first-order valence-electron chi connectivity index (χ1n) is 3.58. The quantitative estimate of drug-likeness (QED) is 0.341. The van der Waals surface area contributed by atoms with Crippen LogP contribution in [-0.2, 0) is 9.59 Å². The summed E-state index contributed by atoms with van der Waals surface area (Å²) in [7, 11) is 1.66. The van der Waals surface area contributed by atoms with Gasteiger partial charge in [0, 0.05) is 7.05 Å². The van der Waals surface area contributed by atoms with E-state index in [9.17, 15) is 9.59 Å². The molecule has 0 unspecified atom stereocenters. The van der Waals surface area contributed by atoms with Gasteiger partial charge in [-0.25, -0.2) is 0 Å². The largest absolute Gasteiger partial charge is 0.325 e. The van der Waals surface area contributed by atoms with Gasteiger partial charge in [-0.3, -0.25) is 9.59 Å². The molecule has 1 rings (SSSR count). The molecular weight excluding hydrogens is 144 g/mol. The number of rotatable bonds is 4. The zero-order chi connectivity index (χ0) is 8.32. The first kappa shape index (κ1) is 8.04. The second-order valence-corrected chi connectivity index (χ2v) is 2.83. The van der Waals surface area contributed by atoms with E-state index >= 15 is 0 Å². The zero-order valence-corrected chi connectivity index (χ0v) is 6.46. The van der Waals surface area contributed by atoms with Crippen LogP contribution in [0.1, 0.15) is 19.3 Å². The Morgan fingerprint density at radius 3 is 2.55 bits per heavy atom. The van der Waals surface area contributed by atoms with Crippen molar-refractivity contribution in [3.8, 4) is 0 Å². The molecule has 0 aromatic carbocycles. The van der Waals surface area contributed by atoms with Gasteiger partial charge in [0.25, 0.3) is 0 Å². The van der Waals surface area contributed by atoms with Crippen molar-refractivity contribution in [2.45, 2.75) is 24.9 Å². The minimum atomic E-state index is -0.427. The van der Waals surface area contributed by atoms with Crippen molar-refractivity contribution in [3.63, 3.8) is 0 Å². The molecule has 0 saturated heterocycles. The van der Waals surface area contributed by atoms with Gasteiger partial charge >= 0.3 is 6.41 Å². The molecule has 0 aliphatic heterocycles. The van der Waals surface area contributed by atoms with Crippen molar-refractivity contribution in [1.29, 1.82) is 0 Å². The van der Waals surface area contributed by atoms with Crippen LogP contribution in [0.2, 0.25) is 0 Å². The molecule has 0 atom stereocenters. The zero-order valence-electron chi connectivity index (χ0n) is 6.46. The van der Waals surface area contributed by atoms with E-state index in [1.807, 2.05) is 0 Å². The smallest absolute Gasteiger partial charge is 0.311 e. The molecule has 0 spiro atoms. The summed E-state index contributed by atoms with van der Waals surface area (Å²) in [4.78, 5) is 21.9. The van der Waals surface area contributed by atoms with Crippen molar-refractivity contribution in [2.75, 3.05) is 7.05 Å². The Kier molecular flexibility index (Phi) is 2.12. The van der Waals surface area contributed by atoms with Gasteiger partial charge in [0.05, 0.1) is 0 Å². The van der Waals surface area contributed by atoms with Crippen LogP contribution in [0.4, 0.5) is 0 Å². The Labute approximate surface area is 65.6 Å². The molecule has 61 valence electrons. The third kappa shape index (κ3) is 1.20. The highest BCUT2D eigenvalue weighted by Gasteiger charge is 2.40. The van der Waals surface area contributed by atoms with E-state index in [-0.39, 0.29) is 0 Å². The molecule has 4 nitrogen and oxygen atoms in total. The number of nitrogens with zero attached hydrogens (tertiary/aromatic N) is 1. The summed E-state index contributed by atoms with van der Waals surface area (Å²) in [6, 6.07) is 0. The number of hydrogen-bond donors (Lipinski definition) is 1. The maximum Gasteiger partial charge on any atom is 0.311 e. The van der Waals surface area contributed by atoms with E-state index in [0.717, 1.165) is 25.7 Å². The van der Waals surface area contributed by atoms with Crippen LogP contribution in [0, 0.1) is 0 Å². The highest BCUT2D eigenvalue weighted by molar-refractivity contribution is 5.54. The van der Waals surface area contributed by atoms with E-state index in [0.29, 0.717) is 0 Å². The lowest BCUT2D eigenvalue weighted by molar-refractivity contribution is -0.126. The summed E-state index contributed by atoms with van der Waals surface area (Å²) in [5.41, 5.74) is -0.427. The normalized spacial score (nSPS) is 19.7. The molecular formula is C7H11N2O2. The van der Waals surface area contributed by atoms with Crippen molar-refractivity contribution in [2.24, 2.45) is 0 Å². The van der Waals surface area contributed by atoms with E-state index in [1.54, 1.807) is 13.5 Å². The van der Waals surface area contributed by atoms with Gasteiger partial charge in [-0.05, 0) is 19.3 Å². The maximum absolute atomic E-state index is 10.4. The van der Waals surface area contributed by atoms with Gasteiger partial charge in [-0.1, -0.05) is 0 Å². The predicted molar refractivity (Wildman–Crippen MR) is 39.2 cm³/mol. The van der Waals surface area contributed by atoms with E-state index in [2.05, 4.69) is 5.32 Å². The maximum atomic E-state index is 10.4. The first-order valence-corrected chi connectivity index (χ1v) is 3.58. The molecule has 1 aliphatic carbocycles. The fraction of sp³-hybridized carbons (Fsp3) is 0.714. The molecule has 0 bridgehead atoms. The Morgan fingerprint density at radius 2 is 2.27 bits per heavy atom. The number of nitrogens with one attached hydrogen (secondary N) is 1. The fourth-order valence-electron chi connectivity index (χ4n) is 1.27. The van der Waals surface area contributed by atoms with E-state index in [1.165, 1.54) is 4.90 Å². The minimum Gasteiger partial charge on any atom is -0.325 e. The molecule has 4 heteroatoms. The average molecular weight is 155 g/mol. The number of carbonyl (C=O) groups excluding carboxylic acids is 2. The lowest BCUT2D eigenvalue weighted by atomic mass is 9.84. The molecule has 1 saturated carbocycles. The van der Waals surface area contributed by atoms with Crippen LogP contribution >= 0.6 is 0 Å². The Hall–Kier alpha value is -1.06. The molecule has 0 aromatic heterocycles. The van der Waals surface area contributed by atoms with Gasteiger partial charge in [0.1, 0.15) is 5.66 Å². The monoisotopic (exact) mass is 155 g/mol. The highest BCUT2D eigenvalue weighted by Crippen LogP contribution is 2.32. The first-order chi connectivity index (χ1) is 5.25. The van der Waals surface area contributed by atoms with Crippen LogP contribution in [0.15, 0.2) is 0 Å². The molecule has 11 heavy (non-hydrogen) atoms. The molecule has 1 aliphatic rings. The minimum absolute atomic E-state index is 0.427. The van der Waals surface area contributed by atoms with Gasteiger partial charge in [-0.2, -0.15) is 0 Å². The van der Waals surface area contributed by atoms with Crippen LogP contribution in [-0.4, -0.2) is 30.4 Å². The lowest BCUT2D eigenvalue weighted by Crippen LogP contribution is -2.61.